The van der Waals surface area contributed by atoms with E-state index in [-0.39, 0.29) is 0 Å². The average molecular weight is 161 g/mol. The van der Waals surface area contributed by atoms with Crippen LogP contribution in [0, 0.1) is 12.1 Å². The third-order valence-electron chi connectivity index (χ3n) is 1.72. The van der Waals surface area contributed by atoms with E-state index in [0.717, 1.165) is 10.9 Å². The molecule has 12 heavy (non-hydrogen) atoms. The molecule has 60 valence electrons. The van der Waals surface area contributed by atoms with Crippen molar-refractivity contribution in [3.63, 3.8) is 0 Å². The Morgan fingerprint density at radius 1 is 1.42 bits per heavy atom. The Hall–Kier alpha value is -1.71. The van der Waals surface area contributed by atoms with Crippen molar-refractivity contribution >= 4 is 10.9 Å². The van der Waals surface area contributed by atoms with E-state index in [9.17, 15) is 5.21 Å². The van der Waals surface area contributed by atoms with E-state index in [1.54, 1.807) is 12.3 Å². The lowest BCUT2D eigenvalue weighted by Gasteiger charge is -2.00. The van der Waals surface area contributed by atoms with Gasteiger partial charge in [-0.05, 0) is 19.1 Å². The van der Waals surface area contributed by atoms with Crippen LogP contribution in [0.15, 0.2) is 24.4 Å². The minimum absolute atomic E-state index is 0.523. The summed E-state index contributed by atoms with van der Waals surface area (Å²) in [6.07, 6.45) is 1.58. The van der Waals surface area contributed by atoms with Crippen LogP contribution in [0.1, 0.15) is 5.56 Å². The lowest BCUT2D eigenvalue weighted by molar-refractivity contribution is -0.648. The molecular formula is C8H7N3O. The third kappa shape index (κ3) is 0.972. The van der Waals surface area contributed by atoms with E-state index in [4.69, 9.17) is 0 Å². The standard InChI is InChI=1S/C8H7N3O/c1-6-2-3-8-7(4-6)5-9-10-11(8)12/h2-5H,1H3. The van der Waals surface area contributed by atoms with Crippen molar-refractivity contribution in [1.29, 1.82) is 0 Å². The second kappa shape index (κ2) is 2.41. The van der Waals surface area contributed by atoms with Gasteiger partial charge in [0, 0.05) is 0 Å². The summed E-state index contributed by atoms with van der Waals surface area (Å²) >= 11 is 0. The Kier molecular flexibility index (Phi) is 1.40. The fourth-order valence-electron chi connectivity index (χ4n) is 1.13. The Morgan fingerprint density at radius 2 is 2.25 bits per heavy atom. The normalized spacial score (nSPS) is 10.4. The van der Waals surface area contributed by atoms with Crippen molar-refractivity contribution in [3.05, 3.63) is 35.2 Å². The van der Waals surface area contributed by atoms with Gasteiger partial charge in [-0.2, -0.15) is 0 Å². The van der Waals surface area contributed by atoms with Crippen molar-refractivity contribution in [2.24, 2.45) is 0 Å². The van der Waals surface area contributed by atoms with Gasteiger partial charge in [-0.15, -0.1) is 4.85 Å². The van der Waals surface area contributed by atoms with Crippen LogP contribution in [-0.2, 0) is 0 Å². The summed E-state index contributed by atoms with van der Waals surface area (Å²) in [6, 6.07) is 5.52. The summed E-state index contributed by atoms with van der Waals surface area (Å²) in [5, 5.41) is 18.8. The molecule has 2 aromatic rings. The summed E-state index contributed by atoms with van der Waals surface area (Å²) in [4.78, 5) is 0.523. The molecule has 0 amide bonds. The number of nitrogens with zero attached hydrogens (tertiary/aromatic N) is 3. The Labute approximate surface area is 69.0 Å². The number of fused-ring (bicyclic) bond motifs is 1. The van der Waals surface area contributed by atoms with Gasteiger partial charge >= 0.3 is 0 Å². The van der Waals surface area contributed by atoms with Gasteiger partial charge in [0.25, 0.3) is 0 Å². The van der Waals surface area contributed by atoms with Crippen LogP contribution in [0.25, 0.3) is 10.9 Å². The van der Waals surface area contributed by atoms with Crippen LogP contribution >= 0.6 is 0 Å². The molecule has 0 N–H and O–H groups in total. The van der Waals surface area contributed by atoms with Gasteiger partial charge in [0.1, 0.15) is 5.21 Å². The molecule has 0 saturated heterocycles. The van der Waals surface area contributed by atoms with Gasteiger partial charge in [0.15, 0.2) is 11.7 Å². The SMILES string of the molecule is Cc1ccc2c(cnn[n+]2[O-])c1. The molecule has 1 aromatic heterocycles. The molecule has 1 aromatic carbocycles. The van der Waals surface area contributed by atoms with Crippen LogP contribution in [0.4, 0.5) is 0 Å². The highest BCUT2D eigenvalue weighted by molar-refractivity contribution is 5.74. The molecule has 0 aliphatic carbocycles. The first-order valence-corrected chi connectivity index (χ1v) is 3.59. The minimum atomic E-state index is 0.523. The molecular weight excluding hydrogens is 154 g/mol. The van der Waals surface area contributed by atoms with Crippen LogP contribution in [0.2, 0.25) is 0 Å². The molecule has 0 saturated carbocycles. The fourth-order valence-corrected chi connectivity index (χ4v) is 1.13. The van der Waals surface area contributed by atoms with Crippen molar-refractivity contribution in [1.82, 2.24) is 10.3 Å². The van der Waals surface area contributed by atoms with Gasteiger partial charge in [-0.3, -0.25) is 0 Å². The number of hydrogen-bond donors (Lipinski definition) is 0. The third-order valence-corrected chi connectivity index (χ3v) is 1.72. The van der Waals surface area contributed by atoms with E-state index >= 15 is 0 Å². The zero-order valence-electron chi connectivity index (χ0n) is 6.56. The molecule has 0 atom stereocenters. The zero-order valence-corrected chi connectivity index (χ0v) is 6.56. The molecule has 0 bridgehead atoms. The highest BCUT2D eigenvalue weighted by atomic mass is 16.5. The summed E-state index contributed by atoms with van der Waals surface area (Å²) < 4.78 is 0. The van der Waals surface area contributed by atoms with E-state index in [1.165, 1.54) is 0 Å². The summed E-state index contributed by atoms with van der Waals surface area (Å²) in [6.45, 7) is 1.97. The Bertz CT molecular complexity index is 428. The molecule has 4 nitrogen and oxygen atoms in total. The first-order valence-electron chi connectivity index (χ1n) is 3.59. The van der Waals surface area contributed by atoms with Gasteiger partial charge < -0.3 is 5.21 Å². The molecule has 4 heteroatoms. The smallest absolute Gasteiger partial charge is 0.179 e. The molecule has 0 aliphatic heterocycles. The van der Waals surface area contributed by atoms with Crippen molar-refractivity contribution < 1.29 is 4.85 Å². The number of benzene rings is 1. The Balaban J connectivity index is 2.86. The van der Waals surface area contributed by atoms with Crippen molar-refractivity contribution in [2.45, 2.75) is 6.92 Å². The number of hydrogen-bond acceptors (Lipinski definition) is 3. The molecule has 0 radical (unpaired) electrons. The quantitative estimate of drug-likeness (QED) is 0.419. The number of aromatic nitrogens is 3. The lowest BCUT2D eigenvalue weighted by atomic mass is 10.2. The van der Waals surface area contributed by atoms with E-state index < -0.39 is 0 Å². The van der Waals surface area contributed by atoms with Gasteiger partial charge in [0.2, 0.25) is 0 Å². The van der Waals surface area contributed by atoms with Crippen LogP contribution < -0.4 is 4.85 Å². The molecule has 0 aliphatic rings. The zero-order chi connectivity index (χ0) is 8.55. The molecule has 0 spiro atoms. The second-order valence-corrected chi connectivity index (χ2v) is 2.67. The first-order chi connectivity index (χ1) is 5.77. The number of rotatable bonds is 0. The highest BCUT2D eigenvalue weighted by Gasteiger charge is 2.01. The van der Waals surface area contributed by atoms with Crippen molar-refractivity contribution in [2.75, 3.05) is 0 Å². The van der Waals surface area contributed by atoms with Crippen LogP contribution in [0.5, 0.6) is 0 Å². The Morgan fingerprint density at radius 3 is 3.08 bits per heavy atom. The molecule has 0 unspecified atom stereocenters. The largest absolute Gasteiger partial charge is 0.691 e. The second-order valence-electron chi connectivity index (χ2n) is 2.67. The minimum Gasteiger partial charge on any atom is -0.691 e. The maximum Gasteiger partial charge on any atom is 0.179 e. The topological polar surface area (TPSA) is 52.7 Å². The van der Waals surface area contributed by atoms with Crippen LogP contribution in [-0.4, -0.2) is 10.3 Å². The molecule has 0 fully saturated rings. The van der Waals surface area contributed by atoms with Gasteiger partial charge in [-0.1, -0.05) is 11.6 Å². The summed E-state index contributed by atoms with van der Waals surface area (Å²) in [5.74, 6) is 0. The average Bonchev–Trinajstić information content (AvgIpc) is 2.04. The van der Waals surface area contributed by atoms with E-state index in [2.05, 4.69) is 10.3 Å². The summed E-state index contributed by atoms with van der Waals surface area (Å²) in [7, 11) is 0. The highest BCUT2D eigenvalue weighted by Crippen LogP contribution is 2.08. The maximum atomic E-state index is 11.0. The first kappa shape index (κ1) is 6.97. The fraction of sp³-hybridized carbons (Fsp3) is 0.125. The molecule has 1 heterocycles. The van der Waals surface area contributed by atoms with Crippen molar-refractivity contribution in [3.8, 4) is 0 Å². The van der Waals surface area contributed by atoms with E-state index in [1.807, 2.05) is 19.1 Å². The molecule has 2 rings (SSSR count). The summed E-state index contributed by atoms with van der Waals surface area (Å²) in [5.41, 5.74) is 1.66. The van der Waals surface area contributed by atoms with Gasteiger partial charge in [-0.25, -0.2) is 0 Å². The van der Waals surface area contributed by atoms with Gasteiger partial charge in [0.05, 0.1) is 10.5 Å². The predicted octanol–water partition coefficient (Wildman–Crippen LogP) is 0.572. The van der Waals surface area contributed by atoms with Crippen LogP contribution in [0.3, 0.4) is 0 Å². The van der Waals surface area contributed by atoms with E-state index in [0.29, 0.717) is 10.4 Å². The number of aryl methyl sites for hydroxylation is 1. The predicted molar refractivity (Wildman–Crippen MR) is 43.2 cm³/mol. The monoisotopic (exact) mass is 161 g/mol. The maximum absolute atomic E-state index is 11.0. The lowest BCUT2D eigenvalue weighted by Crippen LogP contribution is -2.32.